The second-order valence-corrected chi connectivity index (χ2v) is 8.40. The average molecular weight is 425 g/mol. The highest BCUT2D eigenvalue weighted by atomic mass is 32.1. The summed E-state index contributed by atoms with van der Waals surface area (Å²) in [5, 5.41) is 6.02. The summed E-state index contributed by atoms with van der Waals surface area (Å²) in [6, 6.07) is 25.8. The number of benzene rings is 4. The van der Waals surface area contributed by atoms with Gasteiger partial charge in [-0.05, 0) is 53.6 Å². The molecule has 0 aliphatic carbocycles. The van der Waals surface area contributed by atoms with Gasteiger partial charge >= 0.3 is 0 Å². The first-order valence-corrected chi connectivity index (χ1v) is 10.8. The fraction of sp³-hybridized carbons (Fsp3) is 0.0769. The van der Waals surface area contributed by atoms with Crippen LogP contribution in [0.25, 0.3) is 31.6 Å². The molecule has 152 valence electrons. The topological polar surface area (TPSA) is 51.2 Å². The van der Waals surface area contributed by atoms with Gasteiger partial charge < -0.3 is 10.1 Å². The Morgan fingerprint density at radius 2 is 1.68 bits per heavy atom. The molecule has 4 aromatic carbocycles. The Labute approximate surface area is 184 Å². The molecule has 0 unspecified atom stereocenters. The molecule has 0 aliphatic heterocycles. The van der Waals surface area contributed by atoms with Gasteiger partial charge in [0.15, 0.2) is 0 Å². The molecule has 0 aliphatic rings. The van der Waals surface area contributed by atoms with Crippen LogP contribution in [0.1, 0.15) is 15.9 Å². The second kappa shape index (κ2) is 7.85. The maximum absolute atomic E-state index is 13.2. The highest BCUT2D eigenvalue weighted by molar-refractivity contribution is 7.21. The SMILES string of the molecule is COc1cc2ccccc2cc1C(=O)Nc1cc(-c2nc3ccccc3s2)ccc1C. The quantitative estimate of drug-likeness (QED) is 0.350. The van der Waals surface area contributed by atoms with Gasteiger partial charge in [-0.3, -0.25) is 4.79 Å². The van der Waals surface area contributed by atoms with Crippen LogP contribution in [0.5, 0.6) is 5.75 Å². The van der Waals surface area contributed by atoms with Crippen molar-refractivity contribution in [1.29, 1.82) is 0 Å². The molecular formula is C26H20N2O2S. The lowest BCUT2D eigenvalue weighted by Gasteiger charge is -2.13. The van der Waals surface area contributed by atoms with E-state index in [1.54, 1.807) is 18.4 Å². The zero-order valence-electron chi connectivity index (χ0n) is 17.2. The molecule has 1 amide bonds. The third kappa shape index (κ3) is 3.64. The Balaban J connectivity index is 1.50. The van der Waals surface area contributed by atoms with E-state index in [9.17, 15) is 4.79 Å². The Hall–Kier alpha value is -3.70. The van der Waals surface area contributed by atoms with Gasteiger partial charge in [-0.15, -0.1) is 11.3 Å². The van der Waals surface area contributed by atoms with Crippen LogP contribution < -0.4 is 10.1 Å². The second-order valence-electron chi connectivity index (χ2n) is 7.37. The molecule has 1 aromatic heterocycles. The van der Waals surface area contributed by atoms with Crippen LogP contribution in [-0.2, 0) is 0 Å². The molecule has 5 heteroatoms. The summed E-state index contributed by atoms with van der Waals surface area (Å²) < 4.78 is 6.64. The maximum Gasteiger partial charge on any atom is 0.259 e. The lowest BCUT2D eigenvalue weighted by Crippen LogP contribution is -2.14. The molecule has 5 aromatic rings. The smallest absolute Gasteiger partial charge is 0.259 e. The molecule has 0 saturated carbocycles. The van der Waals surface area contributed by atoms with Crippen molar-refractivity contribution in [3.8, 4) is 16.3 Å². The van der Waals surface area contributed by atoms with Gasteiger partial charge in [0.1, 0.15) is 10.8 Å². The maximum atomic E-state index is 13.2. The number of aryl methyl sites for hydroxylation is 1. The molecule has 0 fully saturated rings. The van der Waals surface area contributed by atoms with E-state index in [0.29, 0.717) is 11.3 Å². The lowest BCUT2D eigenvalue weighted by atomic mass is 10.0. The molecule has 4 nitrogen and oxygen atoms in total. The first kappa shape index (κ1) is 19.3. The van der Waals surface area contributed by atoms with E-state index in [-0.39, 0.29) is 5.91 Å². The van der Waals surface area contributed by atoms with E-state index in [1.807, 2.05) is 79.7 Å². The number of amides is 1. The lowest BCUT2D eigenvalue weighted by molar-refractivity contribution is 0.102. The number of anilines is 1. The van der Waals surface area contributed by atoms with Crippen LogP contribution in [0, 0.1) is 6.92 Å². The molecule has 0 atom stereocenters. The van der Waals surface area contributed by atoms with E-state index >= 15 is 0 Å². The van der Waals surface area contributed by atoms with E-state index in [0.717, 1.165) is 42.8 Å². The highest BCUT2D eigenvalue weighted by Crippen LogP contribution is 2.33. The normalized spacial score (nSPS) is 11.0. The number of fused-ring (bicyclic) bond motifs is 2. The Morgan fingerprint density at radius 1 is 0.935 bits per heavy atom. The number of carbonyl (C=O) groups is 1. The third-order valence-electron chi connectivity index (χ3n) is 5.34. The van der Waals surface area contributed by atoms with E-state index in [2.05, 4.69) is 11.4 Å². The van der Waals surface area contributed by atoms with Crippen molar-refractivity contribution in [2.24, 2.45) is 0 Å². The molecule has 0 saturated heterocycles. The number of para-hydroxylation sites is 1. The standard InChI is InChI=1S/C26H20N2O2S/c1-16-11-12-19(26-28-21-9-5-6-10-24(21)31-26)14-22(16)27-25(29)20-13-17-7-3-4-8-18(17)15-23(20)30-2/h3-15H,1-2H3,(H,27,29). The van der Waals surface area contributed by atoms with E-state index < -0.39 is 0 Å². The number of rotatable bonds is 4. The van der Waals surface area contributed by atoms with Crippen molar-refractivity contribution >= 4 is 43.9 Å². The predicted molar refractivity (Wildman–Crippen MR) is 128 cm³/mol. The summed E-state index contributed by atoms with van der Waals surface area (Å²) in [5.41, 5.74) is 4.21. The molecular weight excluding hydrogens is 404 g/mol. The highest BCUT2D eigenvalue weighted by Gasteiger charge is 2.16. The summed E-state index contributed by atoms with van der Waals surface area (Å²) in [6.07, 6.45) is 0. The number of hydrogen-bond acceptors (Lipinski definition) is 4. The minimum absolute atomic E-state index is 0.202. The molecule has 0 spiro atoms. The third-order valence-corrected chi connectivity index (χ3v) is 6.42. The number of nitrogens with zero attached hydrogens (tertiary/aromatic N) is 1. The first-order valence-electron chi connectivity index (χ1n) is 9.97. The van der Waals surface area contributed by atoms with Crippen molar-refractivity contribution < 1.29 is 9.53 Å². The fourth-order valence-electron chi connectivity index (χ4n) is 3.64. The molecule has 0 bridgehead atoms. The van der Waals surface area contributed by atoms with Crippen molar-refractivity contribution in [2.45, 2.75) is 6.92 Å². The van der Waals surface area contributed by atoms with Crippen LogP contribution in [0.4, 0.5) is 5.69 Å². The summed E-state index contributed by atoms with van der Waals surface area (Å²) in [5.74, 6) is 0.350. The monoisotopic (exact) mass is 424 g/mol. The number of aromatic nitrogens is 1. The average Bonchev–Trinajstić information content (AvgIpc) is 3.24. The molecule has 0 radical (unpaired) electrons. The van der Waals surface area contributed by atoms with Gasteiger partial charge in [0.2, 0.25) is 0 Å². The van der Waals surface area contributed by atoms with Gasteiger partial charge in [0, 0.05) is 11.3 Å². The number of hydrogen-bond donors (Lipinski definition) is 1. The number of carbonyl (C=O) groups excluding carboxylic acids is 1. The van der Waals surface area contributed by atoms with Gasteiger partial charge in [-0.25, -0.2) is 4.98 Å². The van der Waals surface area contributed by atoms with Crippen LogP contribution in [0.2, 0.25) is 0 Å². The minimum atomic E-state index is -0.202. The van der Waals surface area contributed by atoms with E-state index in [1.165, 1.54) is 0 Å². The van der Waals surface area contributed by atoms with Gasteiger partial charge in [-0.1, -0.05) is 48.5 Å². The van der Waals surface area contributed by atoms with Crippen molar-refractivity contribution in [3.63, 3.8) is 0 Å². The van der Waals surface area contributed by atoms with Crippen molar-refractivity contribution in [1.82, 2.24) is 4.98 Å². The van der Waals surface area contributed by atoms with Crippen molar-refractivity contribution in [2.75, 3.05) is 12.4 Å². The molecule has 5 rings (SSSR count). The molecule has 31 heavy (non-hydrogen) atoms. The molecule has 1 heterocycles. The summed E-state index contributed by atoms with van der Waals surface area (Å²) in [4.78, 5) is 17.9. The van der Waals surface area contributed by atoms with Crippen LogP contribution in [0.15, 0.2) is 78.9 Å². The summed E-state index contributed by atoms with van der Waals surface area (Å²) >= 11 is 1.64. The van der Waals surface area contributed by atoms with Gasteiger partial charge in [-0.2, -0.15) is 0 Å². The fourth-order valence-corrected chi connectivity index (χ4v) is 4.60. The van der Waals surface area contributed by atoms with Gasteiger partial charge in [0.05, 0.1) is 22.9 Å². The van der Waals surface area contributed by atoms with Crippen molar-refractivity contribution in [3.05, 3.63) is 90.0 Å². The number of nitrogens with one attached hydrogen (secondary N) is 1. The molecule has 1 N–H and O–H groups in total. The van der Waals surface area contributed by atoms with E-state index in [4.69, 9.17) is 9.72 Å². The number of methoxy groups -OCH3 is 1. The van der Waals surface area contributed by atoms with Gasteiger partial charge in [0.25, 0.3) is 5.91 Å². The summed E-state index contributed by atoms with van der Waals surface area (Å²) in [7, 11) is 1.58. The number of thiazole rings is 1. The Kier molecular flexibility index (Phi) is 4.88. The largest absolute Gasteiger partial charge is 0.496 e. The van der Waals surface area contributed by atoms with Crippen LogP contribution >= 0.6 is 11.3 Å². The Morgan fingerprint density at radius 3 is 2.45 bits per heavy atom. The zero-order valence-corrected chi connectivity index (χ0v) is 18.0. The minimum Gasteiger partial charge on any atom is -0.496 e. The summed E-state index contributed by atoms with van der Waals surface area (Å²) in [6.45, 7) is 1.98. The predicted octanol–water partition coefficient (Wildman–Crippen LogP) is 6.69. The van der Waals surface area contributed by atoms with Crippen LogP contribution in [0.3, 0.4) is 0 Å². The number of ether oxygens (including phenoxy) is 1. The first-order chi connectivity index (χ1) is 15.1. The van der Waals surface area contributed by atoms with Crippen LogP contribution in [-0.4, -0.2) is 18.0 Å². The zero-order chi connectivity index (χ0) is 21.4. The Bertz CT molecular complexity index is 1410.